The number of sulfone groups is 1. The van der Waals surface area contributed by atoms with Crippen LogP contribution in [-0.4, -0.2) is 20.2 Å². The van der Waals surface area contributed by atoms with Gasteiger partial charge in [-0.15, -0.1) is 0 Å². The average Bonchev–Trinajstić information content (AvgIpc) is 2.40. The molecule has 0 aliphatic rings. The van der Waals surface area contributed by atoms with E-state index in [4.69, 9.17) is 0 Å². The highest BCUT2D eigenvalue weighted by Crippen LogP contribution is 2.20. The standard InChI is InChI=1S/C16H27NO2S/c1-5-12-20(18,19)16-10-8-15(9-11-16)17-13(4)14(6-2)7-3/h8-11,13-14,17H,5-7,12H2,1-4H3. The molecule has 0 heterocycles. The molecule has 0 amide bonds. The normalized spacial score (nSPS) is 13.4. The fourth-order valence-corrected chi connectivity index (χ4v) is 3.85. The van der Waals surface area contributed by atoms with Crippen LogP contribution in [-0.2, 0) is 9.84 Å². The van der Waals surface area contributed by atoms with Crippen molar-refractivity contribution in [3.63, 3.8) is 0 Å². The number of benzene rings is 1. The van der Waals surface area contributed by atoms with Crippen LogP contribution in [0.25, 0.3) is 0 Å². The van der Waals surface area contributed by atoms with Crippen molar-refractivity contribution in [1.29, 1.82) is 0 Å². The largest absolute Gasteiger partial charge is 0.382 e. The van der Waals surface area contributed by atoms with Gasteiger partial charge in [-0.3, -0.25) is 0 Å². The van der Waals surface area contributed by atoms with E-state index in [0.29, 0.717) is 23.3 Å². The third-order valence-electron chi connectivity index (χ3n) is 3.84. The molecule has 0 aliphatic carbocycles. The molecule has 1 aromatic rings. The first-order valence-corrected chi connectivity index (χ1v) is 9.19. The Hall–Kier alpha value is -1.03. The lowest BCUT2D eigenvalue weighted by molar-refractivity contribution is 0.438. The second-order valence-electron chi connectivity index (χ2n) is 5.35. The molecule has 1 rings (SSSR count). The summed E-state index contributed by atoms with van der Waals surface area (Å²) in [6.45, 7) is 8.46. The van der Waals surface area contributed by atoms with Crippen LogP contribution in [0.3, 0.4) is 0 Å². The highest BCUT2D eigenvalue weighted by Gasteiger charge is 2.15. The zero-order valence-electron chi connectivity index (χ0n) is 13.0. The number of hydrogen-bond donors (Lipinski definition) is 1. The molecule has 0 saturated carbocycles. The van der Waals surface area contributed by atoms with Gasteiger partial charge in [0.2, 0.25) is 0 Å². The summed E-state index contributed by atoms with van der Waals surface area (Å²) < 4.78 is 23.9. The van der Waals surface area contributed by atoms with Gasteiger partial charge in [0.25, 0.3) is 0 Å². The second-order valence-corrected chi connectivity index (χ2v) is 7.46. The molecule has 4 heteroatoms. The van der Waals surface area contributed by atoms with Crippen LogP contribution in [0.4, 0.5) is 5.69 Å². The van der Waals surface area contributed by atoms with Crippen LogP contribution in [0, 0.1) is 5.92 Å². The molecule has 1 N–H and O–H groups in total. The summed E-state index contributed by atoms with van der Waals surface area (Å²) in [5.41, 5.74) is 0.986. The molecule has 1 unspecified atom stereocenters. The van der Waals surface area contributed by atoms with Gasteiger partial charge in [0, 0.05) is 11.7 Å². The maximum Gasteiger partial charge on any atom is 0.178 e. The van der Waals surface area contributed by atoms with Gasteiger partial charge >= 0.3 is 0 Å². The smallest absolute Gasteiger partial charge is 0.178 e. The summed E-state index contributed by atoms with van der Waals surface area (Å²) >= 11 is 0. The molecular weight excluding hydrogens is 270 g/mol. The summed E-state index contributed by atoms with van der Waals surface area (Å²) in [5.74, 6) is 0.850. The van der Waals surface area contributed by atoms with Gasteiger partial charge in [0.15, 0.2) is 9.84 Å². The molecule has 0 saturated heterocycles. The van der Waals surface area contributed by atoms with Crippen molar-refractivity contribution in [3.8, 4) is 0 Å². The summed E-state index contributed by atoms with van der Waals surface area (Å²) in [6, 6.07) is 7.52. The Labute approximate surface area is 123 Å². The minimum atomic E-state index is -3.11. The Morgan fingerprint density at radius 1 is 1.05 bits per heavy atom. The lowest BCUT2D eigenvalue weighted by atomic mass is 9.95. The fraction of sp³-hybridized carbons (Fsp3) is 0.625. The van der Waals surface area contributed by atoms with Crippen molar-refractivity contribution in [1.82, 2.24) is 0 Å². The fourth-order valence-electron chi connectivity index (χ4n) is 2.52. The molecule has 1 atom stereocenters. The van der Waals surface area contributed by atoms with Crippen molar-refractivity contribution in [2.24, 2.45) is 5.92 Å². The first kappa shape index (κ1) is 17.0. The van der Waals surface area contributed by atoms with E-state index in [1.165, 1.54) is 0 Å². The molecule has 0 aromatic heterocycles. The highest BCUT2D eigenvalue weighted by molar-refractivity contribution is 7.91. The molecule has 114 valence electrons. The first-order chi connectivity index (χ1) is 9.44. The van der Waals surface area contributed by atoms with Crippen molar-refractivity contribution in [3.05, 3.63) is 24.3 Å². The van der Waals surface area contributed by atoms with Crippen molar-refractivity contribution in [2.75, 3.05) is 11.1 Å². The van der Waals surface area contributed by atoms with E-state index in [2.05, 4.69) is 26.1 Å². The zero-order chi connectivity index (χ0) is 15.2. The van der Waals surface area contributed by atoms with E-state index in [9.17, 15) is 8.42 Å². The molecule has 0 fully saturated rings. The first-order valence-electron chi connectivity index (χ1n) is 7.53. The Bertz CT molecular complexity index is 490. The van der Waals surface area contributed by atoms with Gasteiger partial charge in [-0.25, -0.2) is 8.42 Å². The maximum atomic E-state index is 11.9. The van der Waals surface area contributed by atoms with E-state index >= 15 is 0 Å². The number of anilines is 1. The third-order valence-corrected chi connectivity index (χ3v) is 5.77. The quantitative estimate of drug-likeness (QED) is 0.785. The van der Waals surface area contributed by atoms with Gasteiger partial charge in [-0.1, -0.05) is 33.6 Å². The number of nitrogens with one attached hydrogen (secondary N) is 1. The average molecular weight is 297 g/mol. The van der Waals surface area contributed by atoms with Crippen molar-refractivity contribution >= 4 is 15.5 Å². The molecule has 20 heavy (non-hydrogen) atoms. The van der Waals surface area contributed by atoms with E-state index in [-0.39, 0.29) is 5.75 Å². The van der Waals surface area contributed by atoms with Gasteiger partial charge in [0.05, 0.1) is 10.6 Å². The van der Waals surface area contributed by atoms with Crippen LogP contribution in [0.2, 0.25) is 0 Å². The Morgan fingerprint density at radius 2 is 1.60 bits per heavy atom. The Kier molecular flexibility index (Phi) is 6.53. The van der Waals surface area contributed by atoms with Gasteiger partial charge in [-0.2, -0.15) is 0 Å². The highest BCUT2D eigenvalue weighted by atomic mass is 32.2. The second kappa shape index (κ2) is 7.67. The zero-order valence-corrected chi connectivity index (χ0v) is 13.8. The molecule has 3 nitrogen and oxygen atoms in total. The van der Waals surface area contributed by atoms with Gasteiger partial charge in [-0.05, 0) is 43.5 Å². The lowest BCUT2D eigenvalue weighted by Gasteiger charge is -2.23. The van der Waals surface area contributed by atoms with Crippen LogP contribution in [0.1, 0.15) is 47.0 Å². The minimum absolute atomic E-state index is 0.212. The van der Waals surface area contributed by atoms with Crippen LogP contribution in [0.15, 0.2) is 29.2 Å². The lowest BCUT2D eigenvalue weighted by Crippen LogP contribution is -2.24. The van der Waals surface area contributed by atoms with E-state index < -0.39 is 9.84 Å². The minimum Gasteiger partial charge on any atom is -0.382 e. The van der Waals surface area contributed by atoms with E-state index in [1.807, 2.05) is 19.1 Å². The molecule has 1 aromatic carbocycles. The number of hydrogen-bond acceptors (Lipinski definition) is 3. The third kappa shape index (κ3) is 4.51. The van der Waals surface area contributed by atoms with Crippen LogP contribution in [0.5, 0.6) is 0 Å². The predicted octanol–water partition coefficient (Wildman–Crippen LogP) is 4.11. The van der Waals surface area contributed by atoms with Crippen LogP contribution < -0.4 is 5.32 Å². The molecule has 0 aliphatic heterocycles. The Morgan fingerprint density at radius 3 is 2.05 bits per heavy atom. The van der Waals surface area contributed by atoms with Crippen molar-refractivity contribution in [2.45, 2.75) is 57.9 Å². The topological polar surface area (TPSA) is 46.2 Å². The van der Waals surface area contributed by atoms with E-state index in [0.717, 1.165) is 18.5 Å². The van der Waals surface area contributed by atoms with Gasteiger partial charge < -0.3 is 5.32 Å². The molecule has 0 radical (unpaired) electrons. The molecule has 0 bridgehead atoms. The SMILES string of the molecule is CCCS(=O)(=O)c1ccc(NC(C)C(CC)CC)cc1. The van der Waals surface area contributed by atoms with E-state index in [1.54, 1.807) is 12.1 Å². The number of rotatable bonds is 8. The summed E-state index contributed by atoms with van der Waals surface area (Å²) in [7, 11) is -3.11. The monoisotopic (exact) mass is 297 g/mol. The Balaban J connectivity index is 2.77. The molecular formula is C16H27NO2S. The van der Waals surface area contributed by atoms with Gasteiger partial charge in [0.1, 0.15) is 0 Å². The van der Waals surface area contributed by atoms with Crippen LogP contribution >= 0.6 is 0 Å². The van der Waals surface area contributed by atoms with Crippen molar-refractivity contribution < 1.29 is 8.42 Å². The summed E-state index contributed by atoms with van der Waals surface area (Å²) in [5, 5.41) is 3.46. The molecule has 0 spiro atoms. The predicted molar refractivity (Wildman–Crippen MR) is 85.9 cm³/mol. The summed E-state index contributed by atoms with van der Waals surface area (Å²) in [4.78, 5) is 0.417. The maximum absolute atomic E-state index is 11.9. The summed E-state index contributed by atoms with van der Waals surface area (Å²) in [6.07, 6.45) is 2.94.